The lowest BCUT2D eigenvalue weighted by Crippen LogP contribution is -2.15. The van der Waals surface area contributed by atoms with Gasteiger partial charge in [0, 0.05) is 19.3 Å². The molecule has 9 nitrogen and oxygen atoms in total. The maximum absolute atomic E-state index is 9.94. The molecule has 33 heavy (non-hydrogen) atoms. The second-order valence-electron chi connectivity index (χ2n) is 6.80. The number of hydrogen-bond donors (Lipinski definition) is 9. The quantitative estimate of drug-likeness (QED) is 0.100. The third kappa shape index (κ3) is 59.2. The summed E-state index contributed by atoms with van der Waals surface area (Å²) in [4.78, 5) is 29.8. The van der Waals surface area contributed by atoms with Gasteiger partial charge in [-0.05, 0) is 55.8 Å². The number of thiol groups is 3. The number of carbonyl (C=O) groups is 3. The lowest BCUT2D eigenvalue weighted by atomic mass is 10.2. The van der Waals surface area contributed by atoms with Gasteiger partial charge in [-0.25, -0.2) is 0 Å². The van der Waals surface area contributed by atoms with Gasteiger partial charge < -0.3 is 30.6 Å². The first-order chi connectivity index (χ1) is 15.6. The highest BCUT2D eigenvalue weighted by molar-refractivity contribution is 7.80. The maximum Gasteiger partial charge on any atom is 0.303 e. The van der Waals surface area contributed by atoms with Crippen molar-refractivity contribution >= 4 is 55.8 Å². The molecule has 0 aliphatic rings. The summed E-state index contributed by atoms with van der Waals surface area (Å²) in [5, 5.41) is 48.6. The Labute approximate surface area is 214 Å². The van der Waals surface area contributed by atoms with E-state index in [9.17, 15) is 14.4 Å². The second-order valence-corrected chi connectivity index (χ2v) is 8.14. The van der Waals surface area contributed by atoms with Crippen molar-refractivity contribution in [2.24, 2.45) is 0 Å². The summed E-state index contributed by atoms with van der Waals surface area (Å²) in [6.07, 6.45) is 8.33. The molecule has 0 atom stereocenters. The third-order valence-electron chi connectivity index (χ3n) is 3.57. The SMILES string of the molecule is O=C(O)CCCCCS.O=C(O)CCCCCS.O=C(O)CCCCCS.OCC(O)CO. The van der Waals surface area contributed by atoms with Gasteiger partial charge in [0.1, 0.15) is 6.10 Å². The highest BCUT2D eigenvalue weighted by Gasteiger charge is 1.96. The van der Waals surface area contributed by atoms with Gasteiger partial charge >= 0.3 is 17.9 Å². The lowest BCUT2D eigenvalue weighted by molar-refractivity contribution is -0.138. The van der Waals surface area contributed by atoms with Crippen LogP contribution < -0.4 is 0 Å². The molecule has 0 bridgehead atoms. The van der Waals surface area contributed by atoms with E-state index in [-0.39, 0.29) is 13.2 Å². The monoisotopic (exact) mass is 536 g/mol. The van der Waals surface area contributed by atoms with Crippen LogP contribution in [0.5, 0.6) is 0 Å². The molecule has 0 fully saturated rings. The lowest BCUT2D eigenvalue weighted by Gasteiger charge is -1.96. The molecule has 0 amide bonds. The molecule has 0 aromatic heterocycles. The summed E-state index contributed by atoms with van der Waals surface area (Å²) in [6, 6.07) is 0. The molecule has 0 saturated carbocycles. The average Bonchev–Trinajstić information content (AvgIpc) is 2.77. The Morgan fingerprint density at radius 1 is 0.515 bits per heavy atom. The second kappa shape index (κ2) is 35.9. The van der Waals surface area contributed by atoms with Crippen molar-refractivity contribution in [1.82, 2.24) is 0 Å². The molecule has 0 aliphatic carbocycles. The van der Waals surface area contributed by atoms with E-state index >= 15 is 0 Å². The van der Waals surface area contributed by atoms with Crippen LogP contribution in [0.1, 0.15) is 77.0 Å². The van der Waals surface area contributed by atoms with E-state index in [1.807, 2.05) is 0 Å². The van der Waals surface area contributed by atoms with Gasteiger partial charge in [0.25, 0.3) is 0 Å². The van der Waals surface area contributed by atoms with Gasteiger partial charge in [0.15, 0.2) is 0 Å². The van der Waals surface area contributed by atoms with E-state index in [1.165, 1.54) is 0 Å². The highest BCUT2D eigenvalue weighted by Crippen LogP contribution is 2.01. The number of aliphatic hydroxyl groups excluding tert-OH is 3. The first-order valence-corrected chi connectivity index (χ1v) is 12.9. The summed E-state index contributed by atoms with van der Waals surface area (Å²) >= 11 is 12.0. The van der Waals surface area contributed by atoms with Crippen LogP contribution >= 0.6 is 37.9 Å². The van der Waals surface area contributed by atoms with E-state index in [4.69, 9.17) is 30.6 Å². The van der Waals surface area contributed by atoms with Crippen LogP contribution in [0.25, 0.3) is 0 Å². The van der Waals surface area contributed by atoms with Crippen LogP contribution in [0.2, 0.25) is 0 Å². The first-order valence-electron chi connectivity index (χ1n) is 11.0. The molecular weight excluding hydrogens is 492 g/mol. The normalized spacial score (nSPS) is 9.55. The van der Waals surface area contributed by atoms with Crippen LogP contribution in [-0.4, -0.2) is 85.1 Å². The molecule has 12 heteroatoms. The molecule has 0 aliphatic heterocycles. The third-order valence-corrected chi connectivity index (χ3v) is 4.52. The fourth-order valence-electron chi connectivity index (χ4n) is 1.75. The number of hydrogen-bond acceptors (Lipinski definition) is 9. The van der Waals surface area contributed by atoms with Crippen LogP contribution in [0.3, 0.4) is 0 Å². The average molecular weight is 537 g/mol. The highest BCUT2D eigenvalue weighted by atomic mass is 32.1. The molecule has 0 aromatic carbocycles. The van der Waals surface area contributed by atoms with Crippen molar-refractivity contribution < 1.29 is 45.0 Å². The van der Waals surface area contributed by atoms with E-state index in [1.54, 1.807) is 0 Å². The zero-order valence-electron chi connectivity index (χ0n) is 19.3. The smallest absolute Gasteiger partial charge is 0.303 e. The Morgan fingerprint density at radius 3 is 0.879 bits per heavy atom. The van der Waals surface area contributed by atoms with Gasteiger partial charge in [-0.2, -0.15) is 37.9 Å². The molecule has 0 spiro atoms. The summed E-state index contributed by atoms with van der Waals surface area (Å²) in [5.74, 6) is 0.483. The van der Waals surface area contributed by atoms with Crippen LogP contribution in [0.4, 0.5) is 0 Å². The Morgan fingerprint density at radius 2 is 0.758 bits per heavy atom. The number of aliphatic hydroxyl groups is 3. The van der Waals surface area contributed by atoms with Gasteiger partial charge in [-0.1, -0.05) is 19.3 Å². The molecule has 0 unspecified atom stereocenters. The first kappa shape index (κ1) is 39.5. The van der Waals surface area contributed by atoms with Gasteiger partial charge in [-0.3, -0.25) is 14.4 Å². The van der Waals surface area contributed by atoms with Crippen molar-refractivity contribution in [3.63, 3.8) is 0 Å². The molecule has 0 saturated heterocycles. The molecule has 200 valence electrons. The number of carboxylic acid groups (broad SMARTS) is 3. The molecular formula is C21H44O9S3. The molecule has 0 radical (unpaired) electrons. The largest absolute Gasteiger partial charge is 0.481 e. The molecule has 6 N–H and O–H groups in total. The number of rotatable bonds is 17. The number of carboxylic acids is 3. The standard InChI is InChI=1S/3C6H12O2S.C3H8O3/c3*7-6(8)4-2-1-3-5-9;4-1-3(6)2-5/h3*9H,1-5H2,(H,7,8);3-6H,1-2H2. The van der Waals surface area contributed by atoms with E-state index in [2.05, 4.69) is 37.9 Å². The van der Waals surface area contributed by atoms with Crippen molar-refractivity contribution in [3.8, 4) is 0 Å². The zero-order valence-corrected chi connectivity index (χ0v) is 22.0. The summed E-state index contributed by atoms with van der Waals surface area (Å²) in [7, 11) is 0. The Bertz CT molecular complexity index is 371. The predicted molar refractivity (Wildman–Crippen MR) is 140 cm³/mol. The minimum Gasteiger partial charge on any atom is -0.481 e. The van der Waals surface area contributed by atoms with Crippen LogP contribution in [0.15, 0.2) is 0 Å². The van der Waals surface area contributed by atoms with Crippen molar-refractivity contribution in [1.29, 1.82) is 0 Å². The number of aliphatic carboxylic acids is 3. The zero-order chi connectivity index (χ0) is 26.3. The summed E-state index contributed by atoms with van der Waals surface area (Å²) in [6.45, 7) is -0.729. The predicted octanol–water partition coefficient (Wildman–Crippen LogP) is 3.02. The van der Waals surface area contributed by atoms with E-state index in [0.29, 0.717) is 19.3 Å². The van der Waals surface area contributed by atoms with Crippen LogP contribution in [0, 0.1) is 0 Å². The van der Waals surface area contributed by atoms with Gasteiger partial charge in [0.2, 0.25) is 0 Å². The maximum atomic E-state index is 9.94. The number of unbranched alkanes of at least 4 members (excludes halogenated alkanes) is 6. The fourth-order valence-corrected chi connectivity index (χ4v) is 2.42. The Hall–Kier alpha value is -0.660. The van der Waals surface area contributed by atoms with Gasteiger partial charge in [-0.15, -0.1) is 0 Å². The summed E-state index contributed by atoms with van der Waals surface area (Å²) in [5.41, 5.74) is 0. The van der Waals surface area contributed by atoms with Gasteiger partial charge in [0.05, 0.1) is 13.2 Å². The molecule has 0 rings (SSSR count). The minimum absolute atomic E-state index is 0.299. The topological polar surface area (TPSA) is 173 Å². The summed E-state index contributed by atoms with van der Waals surface area (Å²) < 4.78 is 0. The van der Waals surface area contributed by atoms with E-state index < -0.39 is 24.0 Å². The Kier molecular flexibility index (Phi) is 43.0. The fraction of sp³-hybridized carbons (Fsp3) is 0.857. The molecule has 0 aromatic rings. The van der Waals surface area contributed by atoms with Crippen molar-refractivity contribution in [2.75, 3.05) is 30.5 Å². The van der Waals surface area contributed by atoms with E-state index in [0.717, 1.165) is 75.0 Å². The van der Waals surface area contributed by atoms with Crippen molar-refractivity contribution in [2.45, 2.75) is 83.2 Å². The van der Waals surface area contributed by atoms with Crippen molar-refractivity contribution in [3.05, 3.63) is 0 Å². The Balaban J connectivity index is -0.000000172. The minimum atomic E-state index is -0.954. The molecule has 0 heterocycles. The van der Waals surface area contributed by atoms with Crippen LogP contribution in [-0.2, 0) is 14.4 Å².